The summed E-state index contributed by atoms with van der Waals surface area (Å²) in [4.78, 5) is 6.72. The monoisotopic (exact) mass is 241 g/mol. The van der Waals surface area contributed by atoms with Gasteiger partial charge in [0.05, 0.1) is 10.7 Å². The van der Waals surface area contributed by atoms with Gasteiger partial charge >= 0.3 is 0 Å². The zero-order valence-corrected chi connectivity index (χ0v) is 11.8. The maximum atomic E-state index is 4.44. The van der Waals surface area contributed by atoms with Crippen LogP contribution < -0.4 is 5.32 Å². The smallest absolute Gasteiger partial charge is 0.0897 e. The molecule has 1 rings (SSSR count). The van der Waals surface area contributed by atoms with E-state index in [1.165, 1.54) is 0 Å². The highest BCUT2D eigenvalue weighted by Gasteiger charge is 2.14. The molecular weight excluding hydrogens is 218 g/mol. The minimum atomic E-state index is 0.583. The van der Waals surface area contributed by atoms with Crippen molar-refractivity contribution in [1.29, 1.82) is 0 Å². The van der Waals surface area contributed by atoms with Crippen molar-refractivity contribution in [3.63, 3.8) is 0 Å². The molecule has 0 aliphatic rings. The lowest BCUT2D eigenvalue weighted by Gasteiger charge is -2.28. The van der Waals surface area contributed by atoms with E-state index < -0.39 is 0 Å². The van der Waals surface area contributed by atoms with Crippen LogP contribution in [0.5, 0.6) is 0 Å². The number of hydrogen-bond acceptors (Lipinski definition) is 4. The van der Waals surface area contributed by atoms with Crippen LogP contribution >= 0.6 is 11.3 Å². The van der Waals surface area contributed by atoms with Crippen molar-refractivity contribution in [2.75, 3.05) is 20.6 Å². The molecule has 0 amide bonds. The summed E-state index contributed by atoms with van der Waals surface area (Å²) in [7, 11) is 4.28. The molecule has 3 nitrogen and oxygen atoms in total. The highest BCUT2D eigenvalue weighted by molar-refractivity contribution is 7.09. The molecule has 0 bridgehead atoms. The first-order valence-electron chi connectivity index (χ1n) is 5.79. The standard InChI is InChI=1S/C12H23N3S/c1-9(2)12(15(4)5)7-13-6-11-8-16-10(3)14-11/h8-9,12-13H,6-7H2,1-5H3. The largest absolute Gasteiger partial charge is 0.310 e. The van der Waals surface area contributed by atoms with E-state index in [4.69, 9.17) is 0 Å². The van der Waals surface area contributed by atoms with Crippen LogP contribution in [0.25, 0.3) is 0 Å². The van der Waals surface area contributed by atoms with Crippen molar-refractivity contribution in [2.24, 2.45) is 5.92 Å². The summed E-state index contributed by atoms with van der Waals surface area (Å²) >= 11 is 1.71. The second-order valence-corrected chi connectivity index (χ2v) is 5.83. The lowest BCUT2D eigenvalue weighted by molar-refractivity contribution is 0.224. The van der Waals surface area contributed by atoms with Gasteiger partial charge in [-0.05, 0) is 26.9 Å². The summed E-state index contributed by atoms with van der Waals surface area (Å²) < 4.78 is 0. The molecule has 0 fully saturated rings. The van der Waals surface area contributed by atoms with Crippen LogP contribution in [0.4, 0.5) is 0 Å². The summed E-state index contributed by atoms with van der Waals surface area (Å²) in [6.07, 6.45) is 0. The first kappa shape index (κ1) is 13.6. The van der Waals surface area contributed by atoms with Gasteiger partial charge < -0.3 is 10.2 Å². The Morgan fingerprint density at radius 1 is 1.44 bits per heavy atom. The van der Waals surface area contributed by atoms with E-state index in [-0.39, 0.29) is 0 Å². The molecule has 16 heavy (non-hydrogen) atoms. The van der Waals surface area contributed by atoms with Crippen LogP contribution in [0.15, 0.2) is 5.38 Å². The third-order valence-electron chi connectivity index (χ3n) is 2.76. The van der Waals surface area contributed by atoms with E-state index in [1.807, 2.05) is 6.92 Å². The van der Waals surface area contributed by atoms with Crippen LogP contribution in [0.3, 0.4) is 0 Å². The van der Waals surface area contributed by atoms with E-state index in [2.05, 4.69) is 48.5 Å². The average Bonchev–Trinajstić information content (AvgIpc) is 2.57. The molecule has 1 heterocycles. The number of nitrogens with one attached hydrogen (secondary N) is 1. The molecule has 1 N–H and O–H groups in total. The van der Waals surface area contributed by atoms with E-state index >= 15 is 0 Å². The first-order valence-corrected chi connectivity index (χ1v) is 6.66. The molecule has 1 aromatic rings. The molecule has 1 atom stereocenters. The Morgan fingerprint density at radius 2 is 2.12 bits per heavy atom. The Morgan fingerprint density at radius 3 is 2.56 bits per heavy atom. The fourth-order valence-electron chi connectivity index (χ4n) is 1.85. The Labute approximate surface area is 103 Å². The lowest BCUT2D eigenvalue weighted by atomic mass is 10.0. The van der Waals surface area contributed by atoms with Crippen molar-refractivity contribution < 1.29 is 0 Å². The first-order chi connectivity index (χ1) is 7.50. The zero-order valence-electron chi connectivity index (χ0n) is 10.9. The third-order valence-corrected chi connectivity index (χ3v) is 3.58. The van der Waals surface area contributed by atoms with Gasteiger partial charge in [-0.15, -0.1) is 11.3 Å². The summed E-state index contributed by atoms with van der Waals surface area (Å²) in [6, 6.07) is 0.583. The number of rotatable bonds is 6. The van der Waals surface area contributed by atoms with Crippen molar-refractivity contribution in [3.8, 4) is 0 Å². The van der Waals surface area contributed by atoms with Crippen LogP contribution in [0, 0.1) is 12.8 Å². The number of likely N-dealkylation sites (N-methyl/N-ethyl adjacent to an activating group) is 1. The number of hydrogen-bond donors (Lipinski definition) is 1. The molecule has 0 radical (unpaired) electrons. The van der Waals surface area contributed by atoms with E-state index in [0.717, 1.165) is 23.8 Å². The van der Waals surface area contributed by atoms with Gasteiger partial charge in [0.25, 0.3) is 0 Å². The normalized spacial score (nSPS) is 13.7. The highest BCUT2D eigenvalue weighted by Crippen LogP contribution is 2.09. The second kappa shape index (κ2) is 6.33. The van der Waals surface area contributed by atoms with Gasteiger partial charge in [0.15, 0.2) is 0 Å². The fourth-order valence-corrected chi connectivity index (χ4v) is 2.46. The quantitative estimate of drug-likeness (QED) is 0.827. The van der Waals surface area contributed by atoms with Crippen LogP contribution in [0.1, 0.15) is 24.5 Å². The lowest BCUT2D eigenvalue weighted by Crippen LogP contribution is -2.41. The van der Waals surface area contributed by atoms with Crippen LogP contribution in [-0.4, -0.2) is 36.6 Å². The van der Waals surface area contributed by atoms with E-state index in [1.54, 1.807) is 11.3 Å². The highest BCUT2D eigenvalue weighted by atomic mass is 32.1. The molecule has 0 saturated heterocycles. The topological polar surface area (TPSA) is 28.2 Å². The molecule has 0 saturated carbocycles. The molecule has 0 aliphatic heterocycles. The van der Waals surface area contributed by atoms with Gasteiger partial charge in [0, 0.05) is 24.5 Å². The average molecular weight is 241 g/mol. The molecule has 0 spiro atoms. The minimum absolute atomic E-state index is 0.583. The molecule has 92 valence electrons. The SMILES string of the molecule is Cc1nc(CNCC(C(C)C)N(C)C)cs1. The number of thiazole rings is 1. The maximum Gasteiger partial charge on any atom is 0.0897 e. The molecule has 1 unspecified atom stereocenters. The Balaban J connectivity index is 2.33. The molecule has 0 aliphatic carbocycles. The zero-order chi connectivity index (χ0) is 12.1. The second-order valence-electron chi connectivity index (χ2n) is 4.76. The number of nitrogens with zero attached hydrogens (tertiary/aromatic N) is 2. The van der Waals surface area contributed by atoms with Crippen molar-refractivity contribution in [3.05, 3.63) is 16.1 Å². The van der Waals surface area contributed by atoms with Gasteiger partial charge in [-0.1, -0.05) is 13.8 Å². The predicted octanol–water partition coefficient (Wildman–Crippen LogP) is 2.13. The van der Waals surface area contributed by atoms with Gasteiger partial charge in [0.1, 0.15) is 0 Å². The fraction of sp³-hybridized carbons (Fsp3) is 0.750. The molecule has 4 heteroatoms. The van der Waals surface area contributed by atoms with Gasteiger partial charge in [-0.25, -0.2) is 4.98 Å². The summed E-state index contributed by atoms with van der Waals surface area (Å²) in [5.41, 5.74) is 1.16. The molecular formula is C12H23N3S. The molecule has 0 aromatic carbocycles. The van der Waals surface area contributed by atoms with Gasteiger partial charge in [-0.2, -0.15) is 0 Å². The van der Waals surface area contributed by atoms with Gasteiger partial charge in [-0.3, -0.25) is 0 Å². The van der Waals surface area contributed by atoms with Crippen molar-refractivity contribution >= 4 is 11.3 Å². The predicted molar refractivity (Wildman–Crippen MR) is 70.9 cm³/mol. The van der Waals surface area contributed by atoms with Crippen molar-refractivity contribution in [1.82, 2.24) is 15.2 Å². The third kappa shape index (κ3) is 4.20. The molecule has 1 aromatic heterocycles. The van der Waals surface area contributed by atoms with E-state index in [9.17, 15) is 0 Å². The number of aromatic nitrogens is 1. The van der Waals surface area contributed by atoms with Crippen LogP contribution in [-0.2, 0) is 6.54 Å². The summed E-state index contributed by atoms with van der Waals surface area (Å²) in [5, 5.41) is 6.75. The van der Waals surface area contributed by atoms with Crippen LogP contribution in [0.2, 0.25) is 0 Å². The Kier molecular flexibility index (Phi) is 5.38. The summed E-state index contributed by atoms with van der Waals surface area (Å²) in [6.45, 7) is 8.46. The van der Waals surface area contributed by atoms with E-state index in [0.29, 0.717) is 12.0 Å². The maximum absolute atomic E-state index is 4.44. The number of aryl methyl sites for hydroxylation is 1. The minimum Gasteiger partial charge on any atom is -0.310 e. The Hall–Kier alpha value is -0.450. The summed E-state index contributed by atoms with van der Waals surface area (Å²) in [5.74, 6) is 0.666. The Bertz CT molecular complexity index is 299. The van der Waals surface area contributed by atoms with Crippen molar-refractivity contribution in [2.45, 2.75) is 33.4 Å². The van der Waals surface area contributed by atoms with Gasteiger partial charge in [0.2, 0.25) is 0 Å².